The predicted octanol–water partition coefficient (Wildman–Crippen LogP) is 2.56. The number of rotatable bonds is 5. The Bertz CT molecular complexity index is 959. The number of nitrogens with one attached hydrogen (secondary N) is 2. The molecule has 1 aliphatic carbocycles. The number of H-pyrrole nitrogens is 1. The van der Waals surface area contributed by atoms with Gasteiger partial charge in [0.05, 0.1) is 6.04 Å². The van der Waals surface area contributed by atoms with Crippen LogP contribution < -0.4 is 5.32 Å². The molecule has 1 aromatic carbocycles. The molecule has 6 nitrogen and oxygen atoms in total. The molecule has 2 aliphatic rings. The lowest BCUT2D eigenvalue weighted by atomic mass is 9.80. The minimum absolute atomic E-state index is 0.0993. The van der Waals surface area contributed by atoms with E-state index in [4.69, 9.17) is 4.74 Å². The minimum Gasteiger partial charge on any atom is -0.456 e. The SMILES string of the molecule is CCCN1C[C@@H](NC(=O)COC(C)=O)C=C2c3cccc4[nH]c(C)c(c34)C[C@H]21. The highest BCUT2D eigenvalue weighted by Gasteiger charge is 2.36. The third-order valence-electron chi connectivity index (χ3n) is 5.72. The minimum atomic E-state index is -0.445. The number of carbonyl (C=O) groups is 2. The molecule has 4 rings (SSSR count). The first kappa shape index (κ1) is 18.7. The number of aryl methyl sites for hydroxylation is 1. The molecular formula is C22H27N3O3. The molecule has 28 heavy (non-hydrogen) atoms. The highest BCUT2D eigenvalue weighted by molar-refractivity contribution is 5.99. The Balaban J connectivity index is 1.69. The van der Waals surface area contributed by atoms with E-state index in [-0.39, 0.29) is 18.6 Å². The maximum Gasteiger partial charge on any atom is 0.303 e. The second-order valence-electron chi connectivity index (χ2n) is 7.75. The van der Waals surface area contributed by atoms with Crippen LogP contribution in [0.3, 0.4) is 0 Å². The second kappa shape index (κ2) is 7.43. The number of esters is 1. The second-order valence-corrected chi connectivity index (χ2v) is 7.75. The maximum atomic E-state index is 12.2. The molecule has 148 valence electrons. The average Bonchev–Trinajstić information content (AvgIpc) is 2.98. The highest BCUT2D eigenvalue weighted by atomic mass is 16.5. The van der Waals surface area contributed by atoms with Gasteiger partial charge in [0.2, 0.25) is 0 Å². The van der Waals surface area contributed by atoms with Crippen LogP contribution in [0.2, 0.25) is 0 Å². The van der Waals surface area contributed by atoms with E-state index in [1.54, 1.807) is 0 Å². The summed E-state index contributed by atoms with van der Waals surface area (Å²) in [6.45, 7) is 7.16. The van der Waals surface area contributed by atoms with Crippen LogP contribution in [0.15, 0.2) is 24.3 Å². The molecule has 1 aromatic heterocycles. The van der Waals surface area contributed by atoms with Crippen LogP contribution in [0.4, 0.5) is 0 Å². The first-order valence-electron chi connectivity index (χ1n) is 9.97. The van der Waals surface area contributed by atoms with Crippen molar-refractivity contribution >= 4 is 28.4 Å². The smallest absolute Gasteiger partial charge is 0.303 e. The molecule has 0 unspecified atom stereocenters. The Labute approximate surface area is 164 Å². The Morgan fingerprint density at radius 2 is 2.18 bits per heavy atom. The fourth-order valence-corrected chi connectivity index (χ4v) is 4.64. The molecule has 0 fully saturated rings. The number of carbonyl (C=O) groups excluding carboxylic acids is 2. The summed E-state index contributed by atoms with van der Waals surface area (Å²) in [4.78, 5) is 29.2. The molecule has 0 radical (unpaired) electrons. The Morgan fingerprint density at radius 3 is 2.93 bits per heavy atom. The van der Waals surface area contributed by atoms with Gasteiger partial charge in [-0.3, -0.25) is 14.5 Å². The molecule has 2 N–H and O–H groups in total. The normalized spacial score (nSPS) is 21.2. The number of aromatic amines is 1. The summed E-state index contributed by atoms with van der Waals surface area (Å²) in [5.41, 5.74) is 6.37. The average molecular weight is 381 g/mol. The van der Waals surface area contributed by atoms with Crippen LogP contribution in [0.1, 0.15) is 37.1 Å². The standard InChI is InChI=1S/C22H27N3O3/c1-4-8-25-11-15(24-21(27)12-28-14(3)26)9-18-16-6-5-7-19-22(16)17(10-20(18)25)13(2)23-19/h5-7,9,15,20,23H,4,8,10-12H2,1-3H3,(H,24,27)/t15-,20+/m0/s1. The van der Waals surface area contributed by atoms with E-state index in [0.717, 1.165) is 25.9 Å². The van der Waals surface area contributed by atoms with Gasteiger partial charge in [-0.25, -0.2) is 0 Å². The van der Waals surface area contributed by atoms with E-state index in [1.807, 2.05) is 0 Å². The third kappa shape index (κ3) is 3.33. The molecule has 2 atom stereocenters. The summed E-state index contributed by atoms with van der Waals surface area (Å²) in [6, 6.07) is 6.63. The van der Waals surface area contributed by atoms with Crippen molar-refractivity contribution in [2.24, 2.45) is 0 Å². The van der Waals surface area contributed by atoms with Crippen molar-refractivity contribution in [3.05, 3.63) is 41.1 Å². The Hall–Kier alpha value is -2.60. The maximum absolute atomic E-state index is 12.2. The summed E-state index contributed by atoms with van der Waals surface area (Å²) in [5.74, 6) is -0.710. The fraction of sp³-hybridized carbons (Fsp3) is 0.455. The number of benzene rings is 1. The molecule has 6 heteroatoms. The lowest BCUT2D eigenvalue weighted by molar-refractivity contribution is -0.146. The molecule has 1 amide bonds. The zero-order valence-corrected chi connectivity index (χ0v) is 16.7. The summed E-state index contributed by atoms with van der Waals surface area (Å²) in [5, 5.41) is 4.33. The molecular weight excluding hydrogens is 354 g/mol. The predicted molar refractivity (Wildman–Crippen MR) is 109 cm³/mol. The topological polar surface area (TPSA) is 74.4 Å². The molecule has 0 bridgehead atoms. The van der Waals surface area contributed by atoms with Crippen LogP contribution in [-0.2, 0) is 20.7 Å². The van der Waals surface area contributed by atoms with E-state index in [2.05, 4.69) is 53.3 Å². The summed E-state index contributed by atoms with van der Waals surface area (Å²) in [6.07, 6.45) is 4.24. The molecule has 0 saturated carbocycles. The van der Waals surface area contributed by atoms with E-state index < -0.39 is 5.97 Å². The molecule has 2 aromatic rings. The van der Waals surface area contributed by atoms with Crippen molar-refractivity contribution in [2.75, 3.05) is 19.7 Å². The number of amides is 1. The Morgan fingerprint density at radius 1 is 1.36 bits per heavy atom. The highest BCUT2D eigenvalue weighted by Crippen LogP contribution is 2.41. The van der Waals surface area contributed by atoms with E-state index in [1.165, 1.54) is 40.2 Å². The van der Waals surface area contributed by atoms with Gasteiger partial charge in [-0.2, -0.15) is 0 Å². The van der Waals surface area contributed by atoms with Gasteiger partial charge in [0.1, 0.15) is 0 Å². The summed E-state index contributed by atoms with van der Waals surface area (Å²) < 4.78 is 4.83. The number of hydrogen-bond acceptors (Lipinski definition) is 4. The van der Waals surface area contributed by atoms with Gasteiger partial charge in [-0.15, -0.1) is 0 Å². The van der Waals surface area contributed by atoms with Crippen LogP contribution in [0, 0.1) is 6.92 Å². The molecule has 0 saturated heterocycles. The number of ether oxygens (including phenoxy) is 1. The summed E-state index contributed by atoms with van der Waals surface area (Å²) in [7, 11) is 0. The van der Waals surface area contributed by atoms with Crippen molar-refractivity contribution in [3.63, 3.8) is 0 Å². The first-order chi connectivity index (χ1) is 13.5. The Kier molecular flexibility index (Phi) is 4.98. The van der Waals surface area contributed by atoms with E-state index >= 15 is 0 Å². The van der Waals surface area contributed by atoms with Gasteiger partial charge in [-0.05, 0) is 49.1 Å². The number of fused-ring (bicyclic) bond motifs is 2. The summed E-state index contributed by atoms with van der Waals surface area (Å²) >= 11 is 0. The van der Waals surface area contributed by atoms with Crippen LogP contribution in [0.5, 0.6) is 0 Å². The zero-order valence-electron chi connectivity index (χ0n) is 16.7. The largest absolute Gasteiger partial charge is 0.456 e. The number of aromatic nitrogens is 1. The van der Waals surface area contributed by atoms with E-state index in [9.17, 15) is 9.59 Å². The monoisotopic (exact) mass is 381 g/mol. The van der Waals surface area contributed by atoms with Gasteiger partial charge in [0.15, 0.2) is 6.61 Å². The lowest BCUT2D eigenvalue weighted by Gasteiger charge is -2.42. The van der Waals surface area contributed by atoms with Gasteiger partial charge in [0.25, 0.3) is 5.91 Å². The molecule has 1 aliphatic heterocycles. The van der Waals surface area contributed by atoms with Crippen molar-refractivity contribution in [1.82, 2.24) is 15.2 Å². The van der Waals surface area contributed by atoms with Crippen LogP contribution in [-0.4, -0.2) is 53.5 Å². The van der Waals surface area contributed by atoms with Gasteiger partial charge in [0, 0.05) is 36.1 Å². The van der Waals surface area contributed by atoms with E-state index in [0.29, 0.717) is 6.04 Å². The van der Waals surface area contributed by atoms with Crippen molar-refractivity contribution in [1.29, 1.82) is 0 Å². The van der Waals surface area contributed by atoms with Gasteiger partial charge >= 0.3 is 5.97 Å². The fourth-order valence-electron chi connectivity index (χ4n) is 4.64. The zero-order chi connectivity index (χ0) is 19.8. The van der Waals surface area contributed by atoms with Crippen molar-refractivity contribution < 1.29 is 14.3 Å². The van der Waals surface area contributed by atoms with Gasteiger partial charge in [-0.1, -0.05) is 25.1 Å². The van der Waals surface area contributed by atoms with Crippen molar-refractivity contribution in [2.45, 2.75) is 45.7 Å². The first-order valence-corrected chi connectivity index (χ1v) is 9.97. The quantitative estimate of drug-likeness (QED) is 0.781. The number of hydrogen-bond donors (Lipinski definition) is 2. The van der Waals surface area contributed by atoms with Crippen LogP contribution >= 0.6 is 0 Å². The number of nitrogens with zero attached hydrogens (tertiary/aromatic N) is 1. The van der Waals surface area contributed by atoms with Crippen LogP contribution in [0.25, 0.3) is 16.5 Å². The molecule has 2 heterocycles. The lowest BCUT2D eigenvalue weighted by Crippen LogP contribution is -2.52. The van der Waals surface area contributed by atoms with Gasteiger partial charge < -0.3 is 15.0 Å². The van der Waals surface area contributed by atoms with Crippen molar-refractivity contribution in [3.8, 4) is 0 Å². The molecule has 0 spiro atoms. The third-order valence-corrected chi connectivity index (χ3v) is 5.72.